The molecule has 2 N–H and O–H groups in total. The zero-order chi connectivity index (χ0) is 21.7. The number of hydrogen-bond donors (Lipinski definition) is 2. The third-order valence-electron chi connectivity index (χ3n) is 4.93. The molecule has 7 nitrogen and oxygen atoms in total. The van der Waals surface area contributed by atoms with Crippen molar-refractivity contribution in [3.8, 4) is 0 Å². The predicted octanol–water partition coefficient (Wildman–Crippen LogP) is 3.09. The van der Waals surface area contributed by atoms with Gasteiger partial charge in [0.25, 0.3) is 0 Å². The predicted molar refractivity (Wildman–Crippen MR) is 142 cm³/mol. The number of hydrogen-bond acceptors (Lipinski definition) is 6. The van der Waals surface area contributed by atoms with Crippen LogP contribution in [0.5, 0.6) is 0 Å². The Morgan fingerprint density at radius 3 is 2.50 bits per heavy atom. The molecular formula is C22H33FIN7S. The molecule has 3 rings (SSSR count). The fourth-order valence-corrected chi connectivity index (χ4v) is 4.11. The molecule has 1 saturated heterocycles. The molecule has 0 unspecified atom stereocenters. The Kier molecular flexibility index (Phi) is 12.7. The van der Waals surface area contributed by atoms with Gasteiger partial charge in [0.2, 0.25) is 5.95 Å². The summed E-state index contributed by atoms with van der Waals surface area (Å²) in [5.74, 6) is 2.46. The van der Waals surface area contributed by atoms with Gasteiger partial charge in [-0.2, -0.15) is 0 Å². The van der Waals surface area contributed by atoms with Crippen LogP contribution in [0.3, 0.4) is 0 Å². The van der Waals surface area contributed by atoms with Crippen LogP contribution in [0.2, 0.25) is 0 Å². The lowest BCUT2D eigenvalue weighted by Crippen LogP contribution is -2.49. The van der Waals surface area contributed by atoms with Gasteiger partial charge in [-0.25, -0.2) is 14.4 Å². The van der Waals surface area contributed by atoms with E-state index in [4.69, 9.17) is 0 Å². The lowest BCUT2D eigenvalue weighted by Gasteiger charge is -2.34. The number of rotatable bonds is 10. The normalized spacial score (nSPS) is 14.7. The van der Waals surface area contributed by atoms with Crippen molar-refractivity contribution in [2.24, 2.45) is 4.99 Å². The number of anilines is 1. The number of thioether (sulfide) groups is 1. The molecule has 1 aromatic carbocycles. The zero-order valence-corrected chi connectivity index (χ0v) is 21.7. The Hall–Kier alpha value is -1.66. The highest BCUT2D eigenvalue weighted by molar-refractivity contribution is 14.0. The van der Waals surface area contributed by atoms with Gasteiger partial charge in [0, 0.05) is 69.6 Å². The summed E-state index contributed by atoms with van der Waals surface area (Å²) in [4.78, 5) is 19.1. The van der Waals surface area contributed by atoms with Gasteiger partial charge >= 0.3 is 0 Å². The molecule has 0 spiro atoms. The van der Waals surface area contributed by atoms with Gasteiger partial charge in [-0.05, 0) is 49.4 Å². The van der Waals surface area contributed by atoms with Gasteiger partial charge < -0.3 is 15.5 Å². The third kappa shape index (κ3) is 9.45. The molecule has 32 heavy (non-hydrogen) atoms. The Balaban J connectivity index is 0.00000363. The first-order valence-corrected chi connectivity index (χ1v) is 11.9. The third-order valence-corrected chi connectivity index (χ3v) is 6.03. The second-order valence-corrected chi connectivity index (χ2v) is 8.39. The van der Waals surface area contributed by atoms with E-state index in [9.17, 15) is 4.39 Å². The number of nitrogens with zero attached hydrogens (tertiary/aromatic N) is 5. The lowest BCUT2D eigenvalue weighted by molar-refractivity contribution is 0.260. The lowest BCUT2D eigenvalue weighted by atomic mass is 10.3. The van der Waals surface area contributed by atoms with Crippen molar-refractivity contribution in [3.63, 3.8) is 0 Å². The van der Waals surface area contributed by atoms with E-state index in [1.165, 1.54) is 12.1 Å². The first kappa shape index (κ1) is 26.6. The molecule has 1 aliphatic heterocycles. The molecule has 0 saturated carbocycles. The van der Waals surface area contributed by atoms with Crippen LogP contribution in [0.15, 0.2) is 52.6 Å². The Morgan fingerprint density at radius 1 is 1.09 bits per heavy atom. The van der Waals surface area contributed by atoms with E-state index >= 15 is 0 Å². The first-order valence-electron chi connectivity index (χ1n) is 10.9. The maximum absolute atomic E-state index is 12.9. The molecule has 0 amide bonds. The van der Waals surface area contributed by atoms with Crippen molar-refractivity contribution in [2.45, 2.75) is 18.2 Å². The fourth-order valence-electron chi connectivity index (χ4n) is 3.28. The average molecular weight is 574 g/mol. The Morgan fingerprint density at radius 2 is 1.81 bits per heavy atom. The maximum Gasteiger partial charge on any atom is 0.225 e. The molecule has 0 radical (unpaired) electrons. The topological polar surface area (TPSA) is 68.7 Å². The Bertz CT molecular complexity index is 787. The van der Waals surface area contributed by atoms with Crippen LogP contribution in [0.25, 0.3) is 0 Å². The highest BCUT2D eigenvalue weighted by Crippen LogP contribution is 2.18. The molecule has 2 aromatic rings. The number of aliphatic imine (C=N–C) groups is 1. The number of benzene rings is 1. The largest absolute Gasteiger partial charge is 0.357 e. The SMILES string of the molecule is CCNC(=NCCCSc1ccc(F)cc1)NCCN1CCN(c2ncccn2)CC1.I. The van der Waals surface area contributed by atoms with E-state index in [2.05, 4.69) is 42.3 Å². The molecule has 0 aliphatic carbocycles. The van der Waals surface area contributed by atoms with E-state index in [-0.39, 0.29) is 29.8 Å². The van der Waals surface area contributed by atoms with Crippen LogP contribution < -0.4 is 15.5 Å². The molecule has 2 heterocycles. The van der Waals surface area contributed by atoms with Gasteiger partial charge in [0.15, 0.2) is 5.96 Å². The number of nitrogens with one attached hydrogen (secondary N) is 2. The van der Waals surface area contributed by atoms with Crippen LogP contribution >= 0.6 is 35.7 Å². The second kappa shape index (κ2) is 15.2. The number of aromatic nitrogens is 2. The van der Waals surface area contributed by atoms with Gasteiger partial charge in [-0.3, -0.25) is 9.89 Å². The minimum Gasteiger partial charge on any atom is -0.357 e. The van der Waals surface area contributed by atoms with E-state index in [0.717, 1.165) is 81.3 Å². The molecule has 1 aliphatic rings. The zero-order valence-electron chi connectivity index (χ0n) is 18.5. The van der Waals surface area contributed by atoms with E-state index < -0.39 is 0 Å². The minimum absolute atomic E-state index is 0. The van der Waals surface area contributed by atoms with Crippen molar-refractivity contribution in [1.82, 2.24) is 25.5 Å². The molecule has 1 aromatic heterocycles. The Labute approximate surface area is 211 Å². The minimum atomic E-state index is -0.192. The number of piperazine rings is 1. The number of guanidine groups is 1. The average Bonchev–Trinajstić information content (AvgIpc) is 2.81. The van der Waals surface area contributed by atoms with Crippen LogP contribution in [0.4, 0.5) is 10.3 Å². The van der Waals surface area contributed by atoms with Crippen molar-refractivity contribution in [2.75, 3.05) is 63.0 Å². The first-order chi connectivity index (χ1) is 15.2. The van der Waals surface area contributed by atoms with Crippen LogP contribution in [0, 0.1) is 5.82 Å². The standard InChI is InChI=1S/C22H32FN7S.HI/c1-2-24-21(25-11-4-18-31-20-7-5-19(23)6-8-20)26-12-13-29-14-16-30(17-15-29)22-27-9-3-10-28-22;/h3,5-10H,2,4,11-18H2,1H3,(H2,24,25,26);1H. The summed E-state index contributed by atoms with van der Waals surface area (Å²) >= 11 is 1.73. The summed E-state index contributed by atoms with van der Waals surface area (Å²) in [6, 6.07) is 8.49. The monoisotopic (exact) mass is 573 g/mol. The summed E-state index contributed by atoms with van der Waals surface area (Å²) in [5, 5.41) is 6.75. The van der Waals surface area contributed by atoms with Gasteiger partial charge in [0.1, 0.15) is 5.82 Å². The van der Waals surface area contributed by atoms with Crippen LogP contribution in [-0.2, 0) is 0 Å². The highest BCUT2D eigenvalue weighted by Gasteiger charge is 2.18. The summed E-state index contributed by atoms with van der Waals surface area (Å²) < 4.78 is 12.9. The summed E-state index contributed by atoms with van der Waals surface area (Å²) in [7, 11) is 0. The second-order valence-electron chi connectivity index (χ2n) is 7.22. The molecule has 1 fully saturated rings. The van der Waals surface area contributed by atoms with Crippen molar-refractivity contribution >= 4 is 47.6 Å². The maximum atomic E-state index is 12.9. The summed E-state index contributed by atoms with van der Waals surface area (Å²) in [6.07, 6.45) is 4.56. The highest BCUT2D eigenvalue weighted by atomic mass is 127. The molecule has 0 bridgehead atoms. The van der Waals surface area contributed by atoms with E-state index in [0.29, 0.717) is 0 Å². The van der Waals surface area contributed by atoms with Crippen molar-refractivity contribution in [3.05, 3.63) is 48.5 Å². The summed E-state index contributed by atoms with van der Waals surface area (Å²) in [6.45, 7) is 9.43. The molecule has 176 valence electrons. The van der Waals surface area contributed by atoms with Gasteiger partial charge in [-0.1, -0.05) is 0 Å². The van der Waals surface area contributed by atoms with Gasteiger partial charge in [0.05, 0.1) is 0 Å². The fraction of sp³-hybridized carbons (Fsp3) is 0.500. The van der Waals surface area contributed by atoms with E-state index in [1.807, 2.05) is 18.2 Å². The van der Waals surface area contributed by atoms with Crippen LogP contribution in [0.1, 0.15) is 13.3 Å². The summed E-state index contributed by atoms with van der Waals surface area (Å²) in [5.41, 5.74) is 0. The van der Waals surface area contributed by atoms with Gasteiger partial charge in [-0.15, -0.1) is 35.7 Å². The number of halogens is 2. The van der Waals surface area contributed by atoms with Crippen molar-refractivity contribution in [1.29, 1.82) is 0 Å². The molecular weight excluding hydrogens is 540 g/mol. The molecule has 10 heteroatoms. The van der Waals surface area contributed by atoms with Crippen molar-refractivity contribution < 1.29 is 4.39 Å². The van der Waals surface area contributed by atoms with Crippen LogP contribution in [-0.4, -0.2) is 78.9 Å². The molecule has 0 atom stereocenters. The van der Waals surface area contributed by atoms with E-state index in [1.54, 1.807) is 24.2 Å². The smallest absolute Gasteiger partial charge is 0.225 e. The quantitative estimate of drug-likeness (QED) is 0.149.